The summed E-state index contributed by atoms with van der Waals surface area (Å²) in [6, 6.07) is 87.8. The fourth-order valence-electron chi connectivity index (χ4n) is 10.1. The molecule has 0 unspecified atom stereocenters. The highest BCUT2D eigenvalue weighted by atomic mass is 14.9. The van der Waals surface area contributed by atoms with E-state index in [-0.39, 0.29) is 0 Å². The van der Waals surface area contributed by atoms with E-state index >= 15 is 0 Å². The lowest BCUT2D eigenvalue weighted by molar-refractivity contribution is 0.769. The predicted octanol–water partition coefficient (Wildman–Crippen LogP) is 15.5. The van der Waals surface area contributed by atoms with E-state index < -0.39 is 5.41 Å². The van der Waals surface area contributed by atoms with Crippen molar-refractivity contribution in [3.8, 4) is 67.3 Å². The van der Waals surface area contributed by atoms with Gasteiger partial charge in [0.1, 0.15) is 0 Å². The van der Waals surface area contributed by atoms with Gasteiger partial charge in [-0.05, 0) is 89.3 Å². The lowest BCUT2D eigenvalue weighted by Gasteiger charge is -2.34. The van der Waals surface area contributed by atoms with Gasteiger partial charge in [-0.3, -0.25) is 0 Å². The van der Waals surface area contributed by atoms with Gasteiger partial charge in [0.15, 0.2) is 5.82 Å². The second-order valence-electron chi connectivity index (χ2n) is 16.4. The minimum absolute atomic E-state index is 0.520. The van der Waals surface area contributed by atoms with Gasteiger partial charge in [-0.1, -0.05) is 231 Å². The molecule has 0 saturated heterocycles. The van der Waals surface area contributed by atoms with E-state index in [1.54, 1.807) is 0 Å². The molecule has 0 bridgehead atoms. The molecule has 1 aliphatic rings. The molecule has 0 N–H and O–H groups in total. The molecule has 294 valence electrons. The maximum absolute atomic E-state index is 5.29. The predicted molar refractivity (Wildman–Crippen MR) is 262 cm³/mol. The Labute approximate surface area is 367 Å². The van der Waals surface area contributed by atoms with E-state index in [9.17, 15) is 0 Å². The van der Waals surface area contributed by atoms with Crippen LogP contribution in [0.25, 0.3) is 88.8 Å². The van der Waals surface area contributed by atoms with Crippen LogP contribution >= 0.6 is 0 Å². The van der Waals surface area contributed by atoms with Gasteiger partial charge in [0.2, 0.25) is 0 Å². The van der Waals surface area contributed by atoms with Crippen molar-refractivity contribution in [3.05, 3.63) is 265 Å². The summed E-state index contributed by atoms with van der Waals surface area (Å²) in [5.74, 6) is 0.701. The summed E-state index contributed by atoms with van der Waals surface area (Å²) in [5.41, 5.74) is 16.8. The molecule has 10 aromatic carbocycles. The highest BCUT2D eigenvalue weighted by molar-refractivity contribution is 6.07. The molecule has 12 rings (SSSR count). The average molecular weight is 801 g/mol. The smallest absolute Gasteiger partial charge is 0.160 e. The monoisotopic (exact) mass is 800 g/mol. The summed E-state index contributed by atoms with van der Waals surface area (Å²) in [7, 11) is 0. The third-order valence-electron chi connectivity index (χ3n) is 13.0. The standard InChI is InChI=1S/C61H40N2/c1-5-17-41(18-6-1)42-29-31-44(32-30-42)57-40-58(63-60(62-57)45-20-7-2-8-21-45)53-37-36-49(51-27-15-16-28-52(51)53)46-33-35-54-56(39-46)61(47-22-9-3-10-23-47,48-24-11-4-12-25-48)55-38-34-43-19-13-14-26-50(43)59(54)55/h1-40H. The first-order valence-electron chi connectivity index (χ1n) is 21.6. The zero-order chi connectivity index (χ0) is 41.7. The van der Waals surface area contributed by atoms with Gasteiger partial charge < -0.3 is 0 Å². The first-order chi connectivity index (χ1) is 31.2. The topological polar surface area (TPSA) is 25.8 Å². The minimum Gasteiger partial charge on any atom is -0.228 e. The van der Waals surface area contributed by atoms with Crippen molar-refractivity contribution in [1.82, 2.24) is 9.97 Å². The second kappa shape index (κ2) is 15.1. The van der Waals surface area contributed by atoms with E-state index in [2.05, 4.69) is 224 Å². The first-order valence-corrected chi connectivity index (χ1v) is 21.6. The molecule has 1 aliphatic carbocycles. The quantitative estimate of drug-likeness (QED) is 0.160. The van der Waals surface area contributed by atoms with Crippen molar-refractivity contribution in [2.24, 2.45) is 0 Å². The van der Waals surface area contributed by atoms with E-state index in [0.29, 0.717) is 5.82 Å². The Bertz CT molecular complexity index is 3430. The molecule has 11 aromatic rings. The summed E-state index contributed by atoms with van der Waals surface area (Å²) in [5, 5.41) is 4.84. The van der Waals surface area contributed by atoms with Gasteiger partial charge in [-0.25, -0.2) is 9.97 Å². The average Bonchev–Trinajstić information content (AvgIpc) is 3.68. The molecule has 2 nitrogen and oxygen atoms in total. The molecule has 0 spiro atoms. The van der Waals surface area contributed by atoms with Crippen molar-refractivity contribution in [1.29, 1.82) is 0 Å². The fraction of sp³-hybridized carbons (Fsp3) is 0.0164. The van der Waals surface area contributed by atoms with Crippen LogP contribution in [0, 0.1) is 0 Å². The Morgan fingerprint density at radius 1 is 0.286 bits per heavy atom. The van der Waals surface area contributed by atoms with Gasteiger partial charge in [-0.15, -0.1) is 0 Å². The summed E-state index contributed by atoms with van der Waals surface area (Å²) in [4.78, 5) is 10.5. The van der Waals surface area contributed by atoms with Crippen molar-refractivity contribution in [2.75, 3.05) is 0 Å². The number of aromatic nitrogens is 2. The molecule has 1 aromatic heterocycles. The van der Waals surface area contributed by atoms with Gasteiger partial charge in [0, 0.05) is 16.7 Å². The fourth-order valence-corrected chi connectivity index (χ4v) is 10.1. The van der Waals surface area contributed by atoms with E-state index in [1.807, 2.05) is 18.2 Å². The molecule has 0 amide bonds. The zero-order valence-corrected chi connectivity index (χ0v) is 34.5. The van der Waals surface area contributed by atoms with Crippen LogP contribution in [0.5, 0.6) is 0 Å². The molecule has 0 saturated carbocycles. The SMILES string of the molecule is c1ccc(-c2ccc(-c3cc(-c4ccc(-c5ccc6c(c5)C(c5ccccc5)(c5ccccc5)c5ccc7ccccc7c5-6)c5ccccc45)nc(-c4ccccc4)n3)cc2)cc1. The van der Waals surface area contributed by atoms with E-state index in [1.165, 1.54) is 71.8 Å². The van der Waals surface area contributed by atoms with Crippen LogP contribution in [0.15, 0.2) is 243 Å². The van der Waals surface area contributed by atoms with Crippen molar-refractivity contribution in [2.45, 2.75) is 5.41 Å². The molecule has 0 fully saturated rings. The Hall–Kier alpha value is -8.20. The normalized spacial score (nSPS) is 12.6. The van der Waals surface area contributed by atoms with E-state index in [4.69, 9.17) is 9.97 Å². The summed E-state index contributed by atoms with van der Waals surface area (Å²) >= 11 is 0. The van der Waals surface area contributed by atoms with Gasteiger partial charge in [0.25, 0.3) is 0 Å². The second-order valence-corrected chi connectivity index (χ2v) is 16.4. The summed E-state index contributed by atoms with van der Waals surface area (Å²) in [6.45, 7) is 0. The van der Waals surface area contributed by atoms with Crippen LogP contribution in [0.3, 0.4) is 0 Å². The highest BCUT2D eigenvalue weighted by Gasteiger charge is 2.46. The number of fused-ring (bicyclic) bond motifs is 6. The van der Waals surface area contributed by atoms with Crippen LogP contribution in [0.4, 0.5) is 0 Å². The summed E-state index contributed by atoms with van der Waals surface area (Å²) < 4.78 is 0. The lowest BCUT2D eigenvalue weighted by Crippen LogP contribution is -2.28. The maximum atomic E-state index is 5.29. The lowest BCUT2D eigenvalue weighted by atomic mass is 9.67. The van der Waals surface area contributed by atoms with Crippen molar-refractivity contribution in [3.63, 3.8) is 0 Å². The van der Waals surface area contributed by atoms with E-state index in [0.717, 1.165) is 33.5 Å². The Morgan fingerprint density at radius 3 is 1.46 bits per heavy atom. The van der Waals surface area contributed by atoms with Crippen molar-refractivity contribution >= 4 is 21.5 Å². The number of benzene rings is 10. The highest BCUT2D eigenvalue weighted by Crippen LogP contribution is 2.58. The minimum atomic E-state index is -0.520. The molecular weight excluding hydrogens is 761 g/mol. The first kappa shape index (κ1) is 36.6. The molecule has 0 radical (unpaired) electrons. The Morgan fingerprint density at radius 2 is 0.778 bits per heavy atom. The Balaban J connectivity index is 1.05. The molecule has 2 heteroatoms. The van der Waals surface area contributed by atoms with Gasteiger partial charge in [-0.2, -0.15) is 0 Å². The Kier molecular flexibility index (Phi) is 8.76. The van der Waals surface area contributed by atoms with Crippen molar-refractivity contribution < 1.29 is 0 Å². The number of rotatable bonds is 7. The molecule has 1 heterocycles. The number of nitrogens with zero attached hydrogens (tertiary/aromatic N) is 2. The largest absolute Gasteiger partial charge is 0.228 e. The molecular formula is C61H40N2. The molecule has 63 heavy (non-hydrogen) atoms. The number of hydrogen-bond donors (Lipinski definition) is 0. The third-order valence-corrected chi connectivity index (χ3v) is 13.0. The molecule has 0 atom stereocenters. The van der Waals surface area contributed by atoms with Crippen LogP contribution < -0.4 is 0 Å². The summed E-state index contributed by atoms with van der Waals surface area (Å²) in [6.07, 6.45) is 0. The van der Waals surface area contributed by atoms with Crippen LogP contribution in [0.2, 0.25) is 0 Å². The van der Waals surface area contributed by atoms with Crippen LogP contribution in [-0.2, 0) is 5.41 Å². The zero-order valence-electron chi connectivity index (χ0n) is 34.5. The maximum Gasteiger partial charge on any atom is 0.160 e. The molecule has 0 aliphatic heterocycles. The van der Waals surface area contributed by atoms with Crippen LogP contribution in [-0.4, -0.2) is 9.97 Å². The van der Waals surface area contributed by atoms with Gasteiger partial charge >= 0.3 is 0 Å². The van der Waals surface area contributed by atoms with Crippen LogP contribution in [0.1, 0.15) is 22.3 Å². The van der Waals surface area contributed by atoms with Gasteiger partial charge in [0.05, 0.1) is 16.8 Å². The third kappa shape index (κ3) is 6.02. The number of hydrogen-bond acceptors (Lipinski definition) is 2.